The van der Waals surface area contributed by atoms with E-state index in [0.717, 1.165) is 16.3 Å². The Kier molecular flexibility index (Phi) is 6.36. The molecular weight excluding hydrogens is 412 g/mol. The van der Waals surface area contributed by atoms with Crippen molar-refractivity contribution >= 4 is 33.1 Å². The van der Waals surface area contributed by atoms with Gasteiger partial charge < -0.3 is 4.74 Å². The molecule has 0 aliphatic carbocycles. The number of hydrogen-bond donors (Lipinski definition) is 2. The molecule has 2 aromatic heterocycles. The van der Waals surface area contributed by atoms with Crippen molar-refractivity contribution < 1.29 is 17.9 Å². The minimum absolute atomic E-state index is 0.103. The van der Waals surface area contributed by atoms with Gasteiger partial charge in [-0.2, -0.15) is 5.10 Å². The maximum Gasteiger partial charge on any atom is 0.411 e. The van der Waals surface area contributed by atoms with Crippen molar-refractivity contribution in [1.29, 1.82) is 0 Å². The molecule has 2 heterocycles. The molecule has 3 rings (SSSR count). The molecule has 0 saturated heterocycles. The fourth-order valence-electron chi connectivity index (χ4n) is 2.91. The number of nitrogens with zero attached hydrogens (tertiary/aromatic N) is 2. The van der Waals surface area contributed by atoms with Gasteiger partial charge in [-0.25, -0.2) is 17.9 Å². The highest BCUT2D eigenvalue weighted by Gasteiger charge is 2.22. The molecule has 0 aliphatic rings. The molecule has 0 fully saturated rings. The molecule has 10 heteroatoms. The molecule has 8 nitrogen and oxygen atoms in total. The molecule has 1 amide bonds. The largest absolute Gasteiger partial charge is 0.453 e. The molecule has 0 spiro atoms. The monoisotopic (exact) mass is 434 g/mol. The lowest BCUT2D eigenvalue weighted by molar-refractivity contribution is 0.187. The zero-order valence-electron chi connectivity index (χ0n) is 16.2. The minimum Gasteiger partial charge on any atom is -0.453 e. The van der Waals surface area contributed by atoms with Gasteiger partial charge in [-0.1, -0.05) is 6.07 Å². The van der Waals surface area contributed by atoms with Crippen molar-refractivity contribution in [3.63, 3.8) is 0 Å². The van der Waals surface area contributed by atoms with Crippen LogP contribution in [0, 0.1) is 13.8 Å². The zero-order chi connectivity index (χ0) is 21.0. The van der Waals surface area contributed by atoms with E-state index in [-0.39, 0.29) is 17.5 Å². The van der Waals surface area contributed by atoms with E-state index < -0.39 is 16.1 Å². The van der Waals surface area contributed by atoms with Gasteiger partial charge in [0.2, 0.25) is 10.0 Å². The lowest BCUT2D eigenvalue weighted by Gasteiger charge is -2.19. The van der Waals surface area contributed by atoms with Crippen molar-refractivity contribution in [3.05, 3.63) is 64.1 Å². The minimum atomic E-state index is -3.74. The third-order valence-electron chi connectivity index (χ3n) is 4.27. The molecule has 1 aromatic carbocycles. The number of aryl methyl sites for hydroxylation is 2. The summed E-state index contributed by atoms with van der Waals surface area (Å²) in [5.74, 6) is 0. The van der Waals surface area contributed by atoms with E-state index in [1.165, 1.54) is 31.4 Å². The number of sulfonamides is 1. The highest BCUT2D eigenvalue weighted by atomic mass is 32.2. The summed E-state index contributed by atoms with van der Waals surface area (Å²) < 4.78 is 34.6. The Morgan fingerprint density at radius 3 is 2.52 bits per heavy atom. The van der Waals surface area contributed by atoms with E-state index in [9.17, 15) is 13.2 Å². The number of aromatic nitrogens is 2. The molecular formula is C19H22N4O4S2. The van der Waals surface area contributed by atoms with Gasteiger partial charge in [-0.05, 0) is 55.6 Å². The normalized spacial score (nSPS) is 12.5. The van der Waals surface area contributed by atoms with Crippen molar-refractivity contribution in [2.75, 3.05) is 19.0 Å². The van der Waals surface area contributed by atoms with Gasteiger partial charge in [0.15, 0.2) is 0 Å². The van der Waals surface area contributed by atoms with E-state index in [1.807, 2.05) is 42.1 Å². The summed E-state index contributed by atoms with van der Waals surface area (Å²) in [6.07, 6.45) is -0.623. The van der Waals surface area contributed by atoms with Crippen LogP contribution in [0.4, 0.5) is 10.5 Å². The first kappa shape index (κ1) is 21.0. The van der Waals surface area contributed by atoms with E-state index in [0.29, 0.717) is 5.69 Å². The standard InChI is InChI=1S/C19H22N4O4S2/c1-13-11-14(2)23(22-13)17(18-5-4-10-28-18)12-20-29(25,26)16-8-6-15(7-9-16)21-19(24)27-3/h4-11,17,20H,12H2,1-3H3,(H,21,24)/t17-/m0/s1. The maximum atomic E-state index is 12.8. The van der Waals surface area contributed by atoms with Crippen molar-refractivity contribution in [3.8, 4) is 0 Å². The first-order valence-corrected chi connectivity index (χ1v) is 11.2. The van der Waals surface area contributed by atoms with Crippen LogP contribution in [0.1, 0.15) is 22.3 Å². The van der Waals surface area contributed by atoms with Crippen molar-refractivity contribution in [1.82, 2.24) is 14.5 Å². The number of methoxy groups -OCH3 is 1. The summed E-state index contributed by atoms with van der Waals surface area (Å²) >= 11 is 1.55. The highest BCUT2D eigenvalue weighted by molar-refractivity contribution is 7.89. The molecule has 3 aromatic rings. The van der Waals surface area contributed by atoms with Crippen molar-refractivity contribution in [2.45, 2.75) is 24.8 Å². The van der Waals surface area contributed by atoms with Gasteiger partial charge in [0.05, 0.1) is 23.7 Å². The number of ether oxygens (including phenoxy) is 1. The molecule has 0 bridgehead atoms. The average Bonchev–Trinajstić information content (AvgIpc) is 3.32. The summed E-state index contributed by atoms with van der Waals surface area (Å²) in [6, 6.07) is 11.5. The summed E-state index contributed by atoms with van der Waals surface area (Å²) in [4.78, 5) is 12.4. The van der Waals surface area contributed by atoms with Gasteiger partial charge in [-0.15, -0.1) is 11.3 Å². The van der Waals surface area contributed by atoms with E-state index in [1.54, 1.807) is 11.3 Å². The highest BCUT2D eigenvalue weighted by Crippen LogP contribution is 2.25. The molecule has 29 heavy (non-hydrogen) atoms. The van der Waals surface area contributed by atoms with Gasteiger partial charge in [0.25, 0.3) is 0 Å². The molecule has 0 radical (unpaired) electrons. The quantitative estimate of drug-likeness (QED) is 0.594. The number of benzene rings is 1. The summed E-state index contributed by atoms with van der Waals surface area (Å²) in [7, 11) is -2.49. The molecule has 154 valence electrons. The maximum absolute atomic E-state index is 12.8. The third-order valence-corrected chi connectivity index (χ3v) is 6.69. The number of amides is 1. The zero-order valence-corrected chi connectivity index (χ0v) is 17.9. The topological polar surface area (TPSA) is 102 Å². The van der Waals surface area contributed by atoms with Gasteiger partial charge in [0.1, 0.15) is 0 Å². The fourth-order valence-corrected chi connectivity index (χ4v) is 4.76. The number of hydrogen-bond acceptors (Lipinski definition) is 6. The van der Waals surface area contributed by atoms with Crippen LogP contribution in [0.25, 0.3) is 0 Å². The fraction of sp³-hybridized carbons (Fsp3) is 0.263. The lowest BCUT2D eigenvalue weighted by Crippen LogP contribution is -2.32. The smallest absolute Gasteiger partial charge is 0.411 e. The Balaban J connectivity index is 1.78. The second-order valence-electron chi connectivity index (χ2n) is 6.40. The van der Waals surface area contributed by atoms with Crippen LogP contribution in [0.3, 0.4) is 0 Å². The second kappa shape index (κ2) is 8.76. The Bertz CT molecular complexity index is 1070. The third kappa shape index (κ3) is 5.03. The van der Waals surface area contributed by atoms with Gasteiger partial charge in [-0.3, -0.25) is 10.00 Å². The number of carbonyl (C=O) groups is 1. The predicted octanol–water partition coefficient (Wildman–Crippen LogP) is 3.31. The van der Waals surface area contributed by atoms with E-state index in [2.05, 4.69) is 19.9 Å². The number of anilines is 1. The molecule has 2 N–H and O–H groups in total. The second-order valence-corrected chi connectivity index (χ2v) is 9.14. The van der Waals surface area contributed by atoms with Crippen molar-refractivity contribution in [2.24, 2.45) is 0 Å². The summed E-state index contributed by atoms with van der Waals surface area (Å²) in [5.41, 5.74) is 2.27. The van der Waals surface area contributed by atoms with Crippen LogP contribution in [-0.4, -0.2) is 37.9 Å². The average molecular weight is 435 g/mol. The first-order chi connectivity index (χ1) is 13.8. The molecule has 0 saturated carbocycles. The van der Waals surface area contributed by atoms with Crippen LogP contribution >= 0.6 is 11.3 Å². The number of thiophene rings is 1. The summed E-state index contributed by atoms with van der Waals surface area (Å²) in [5, 5.41) is 8.96. The number of carbonyl (C=O) groups excluding carboxylic acids is 1. The first-order valence-electron chi connectivity index (χ1n) is 8.81. The van der Waals surface area contributed by atoms with Gasteiger partial charge >= 0.3 is 6.09 Å². The predicted molar refractivity (Wildman–Crippen MR) is 112 cm³/mol. The van der Waals surface area contributed by atoms with Crippen LogP contribution in [0.2, 0.25) is 0 Å². The molecule has 0 aliphatic heterocycles. The molecule has 0 unspecified atom stereocenters. The SMILES string of the molecule is COC(=O)Nc1ccc(S(=O)(=O)NC[C@@H](c2cccs2)n2nc(C)cc2C)cc1. The Labute approximate surface area is 173 Å². The summed E-state index contributed by atoms with van der Waals surface area (Å²) in [6.45, 7) is 4.01. The van der Waals surface area contributed by atoms with Crippen LogP contribution in [0.15, 0.2) is 52.7 Å². The van der Waals surface area contributed by atoms with E-state index in [4.69, 9.17) is 0 Å². The van der Waals surface area contributed by atoms with E-state index >= 15 is 0 Å². The number of nitrogens with one attached hydrogen (secondary N) is 2. The number of rotatable bonds is 7. The Morgan fingerprint density at radius 1 is 1.24 bits per heavy atom. The van der Waals surface area contributed by atoms with Crippen LogP contribution < -0.4 is 10.0 Å². The Hall–Kier alpha value is -2.69. The Morgan fingerprint density at radius 2 is 1.97 bits per heavy atom. The van der Waals surface area contributed by atoms with Crippen LogP contribution in [-0.2, 0) is 14.8 Å². The lowest BCUT2D eigenvalue weighted by atomic mass is 10.2. The van der Waals surface area contributed by atoms with Gasteiger partial charge in [0, 0.05) is 22.8 Å². The van der Waals surface area contributed by atoms with Crippen LogP contribution in [0.5, 0.6) is 0 Å². The molecule has 1 atom stereocenters.